The second-order valence-electron chi connectivity index (χ2n) is 8.21. The van der Waals surface area contributed by atoms with E-state index in [4.69, 9.17) is 16.3 Å². The summed E-state index contributed by atoms with van der Waals surface area (Å²) < 4.78 is 7.81. The number of aromatic nitrogens is 3. The summed E-state index contributed by atoms with van der Waals surface area (Å²) in [5.41, 5.74) is 1.99. The van der Waals surface area contributed by atoms with E-state index in [2.05, 4.69) is 55.0 Å². The van der Waals surface area contributed by atoms with Gasteiger partial charge in [0.1, 0.15) is 12.4 Å². The van der Waals surface area contributed by atoms with Crippen LogP contribution in [0.4, 0.5) is 5.69 Å². The molecular weight excluding hydrogens is 444 g/mol. The Balaban J connectivity index is 1.60. The van der Waals surface area contributed by atoms with E-state index in [9.17, 15) is 4.79 Å². The molecule has 2 aromatic carbocycles. The molecule has 1 aromatic heterocycles. The fraction of sp³-hybridized carbons (Fsp3) is 0.292. The first-order valence-corrected chi connectivity index (χ1v) is 11.6. The van der Waals surface area contributed by atoms with Gasteiger partial charge in [-0.15, -0.1) is 16.8 Å². The van der Waals surface area contributed by atoms with Gasteiger partial charge in [-0.1, -0.05) is 68.4 Å². The Morgan fingerprint density at radius 2 is 1.97 bits per heavy atom. The van der Waals surface area contributed by atoms with E-state index in [1.54, 1.807) is 30.3 Å². The third-order valence-electron chi connectivity index (χ3n) is 4.63. The Morgan fingerprint density at radius 1 is 1.22 bits per heavy atom. The molecule has 3 aromatic rings. The summed E-state index contributed by atoms with van der Waals surface area (Å²) in [4.78, 5) is 12.3. The van der Waals surface area contributed by atoms with Gasteiger partial charge in [-0.2, -0.15) is 0 Å². The molecule has 0 aliphatic heterocycles. The van der Waals surface area contributed by atoms with E-state index in [0.29, 0.717) is 28.2 Å². The molecule has 6 nitrogen and oxygen atoms in total. The van der Waals surface area contributed by atoms with Crippen molar-refractivity contribution < 1.29 is 9.53 Å². The molecule has 0 saturated carbocycles. The molecule has 1 N–H and O–H groups in total. The third kappa shape index (κ3) is 6.61. The zero-order valence-electron chi connectivity index (χ0n) is 18.5. The molecule has 0 bridgehead atoms. The summed E-state index contributed by atoms with van der Waals surface area (Å²) in [6.07, 6.45) is 1.76. The van der Waals surface area contributed by atoms with Gasteiger partial charge >= 0.3 is 0 Å². The number of rotatable bonds is 9. The molecular formula is C24H27ClN4O2S. The predicted octanol–water partition coefficient (Wildman–Crippen LogP) is 5.72. The van der Waals surface area contributed by atoms with E-state index < -0.39 is 0 Å². The van der Waals surface area contributed by atoms with Crippen LogP contribution in [0.5, 0.6) is 5.75 Å². The Morgan fingerprint density at radius 3 is 2.62 bits per heavy atom. The average Bonchev–Trinajstić information content (AvgIpc) is 3.12. The number of ether oxygens (including phenoxy) is 1. The van der Waals surface area contributed by atoms with E-state index in [1.807, 2.05) is 16.7 Å². The minimum absolute atomic E-state index is 0.0911. The van der Waals surface area contributed by atoms with Gasteiger partial charge in [0.15, 0.2) is 11.0 Å². The second-order valence-corrected chi connectivity index (χ2v) is 9.59. The fourth-order valence-corrected chi connectivity index (χ4v) is 3.89. The maximum Gasteiger partial charge on any atom is 0.234 e. The van der Waals surface area contributed by atoms with Gasteiger partial charge in [0.25, 0.3) is 0 Å². The molecule has 0 unspecified atom stereocenters. The molecule has 168 valence electrons. The molecule has 0 radical (unpaired) electrons. The van der Waals surface area contributed by atoms with Crippen molar-refractivity contribution in [2.24, 2.45) is 0 Å². The van der Waals surface area contributed by atoms with Gasteiger partial charge < -0.3 is 10.1 Å². The maximum absolute atomic E-state index is 12.3. The Bertz CT molecular complexity index is 1070. The van der Waals surface area contributed by atoms with Crippen molar-refractivity contribution in [1.82, 2.24) is 14.8 Å². The second kappa shape index (κ2) is 10.7. The lowest BCUT2D eigenvalue weighted by atomic mass is 9.87. The van der Waals surface area contributed by atoms with Crippen molar-refractivity contribution in [2.75, 3.05) is 11.1 Å². The first-order chi connectivity index (χ1) is 15.3. The average molecular weight is 471 g/mol. The van der Waals surface area contributed by atoms with Gasteiger partial charge in [0.05, 0.1) is 5.75 Å². The maximum atomic E-state index is 12.3. The molecule has 0 spiro atoms. The van der Waals surface area contributed by atoms with Gasteiger partial charge in [-0.3, -0.25) is 9.36 Å². The lowest BCUT2D eigenvalue weighted by Gasteiger charge is -2.19. The quantitative estimate of drug-likeness (QED) is 0.319. The summed E-state index contributed by atoms with van der Waals surface area (Å²) >= 11 is 7.27. The van der Waals surface area contributed by atoms with Crippen molar-refractivity contribution in [3.8, 4) is 5.75 Å². The highest BCUT2D eigenvalue weighted by molar-refractivity contribution is 7.99. The number of allylic oxidation sites excluding steroid dienone is 1. The molecule has 1 amide bonds. The minimum atomic E-state index is -0.151. The molecule has 8 heteroatoms. The van der Waals surface area contributed by atoms with Crippen LogP contribution in [-0.4, -0.2) is 26.4 Å². The number of benzene rings is 2. The molecule has 32 heavy (non-hydrogen) atoms. The third-order valence-corrected chi connectivity index (χ3v) is 5.84. The van der Waals surface area contributed by atoms with E-state index >= 15 is 0 Å². The fourth-order valence-electron chi connectivity index (χ4n) is 2.94. The molecule has 0 saturated heterocycles. The van der Waals surface area contributed by atoms with E-state index in [1.165, 1.54) is 17.3 Å². The summed E-state index contributed by atoms with van der Waals surface area (Å²) in [6, 6.07) is 15.1. The van der Waals surface area contributed by atoms with Gasteiger partial charge in [-0.05, 0) is 41.3 Å². The normalized spacial score (nSPS) is 11.2. The summed E-state index contributed by atoms with van der Waals surface area (Å²) in [6.45, 7) is 11.1. The van der Waals surface area contributed by atoms with E-state index in [0.717, 1.165) is 5.75 Å². The van der Waals surface area contributed by atoms with Gasteiger partial charge in [0.2, 0.25) is 5.91 Å². The number of amides is 1. The van der Waals surface area contributed by atoms with Crippen LogP contribution in [0.1, 0.15) is 32.2 Å². The molecule has 0 aliphatic carbocycles. The number of hydrogen-bond donors (Lipinski definition) is 1. The van der Waals surface area contributed by atoms with Crippen LogP contribution in [0.2, 0.25) is 5.02 Å². The number of carbonyl (C=O) groups is 1. The number of nitrogens with zero attached hydrogens (tertiary/aromatic N) is 3. The van der Waals surface area contributed by atoms with Crippen LogP contribution in [-0.2, 0) is 23.4 Å². The number of anilines is 1. The van der Waals surface area contributed by atoms with Crippen LogP contribution in [0.15, 0.2) is 66.3 Å². The topological polar surface area (TPSA) is 69.0 Å². The van der Waals surface area contributed by atoms with Crippen LogP contribution < -0.4 is 10.1 Å². The highest BCUT2D eigenvalue weighted by Gasteiger charge is 2.16. The number of thioether (sulfide) groups is 1. The summed E-state index contributed by atoms with van der Waals surface area (Å²) in [5.74, 6) is 1.47. The van der Waals surface area contributed by atoms with Crippen LogP contribution in [0, 0.1) is 0 Å². The van der Waals surface area contributed by atoms with Gasteiger partial charge in [0, 0.05) is 17.3 Å². The zero-order chi connectivity index (χ0) is 23.1. The molecule has 0 atom stereocenters. The van der Waals surface area contributed by atoms with Crippen LogP contribution in [0.25, 0.3) is 0 Å². The zero-order valence-corrected chi connectivity index (χ0v) is 20.0. The van der Waals surface area contributed by atoms with Gasteiger partial charge in [-0.25, -0.2) is 0 Å². The van der Waals surface area contributed by atoms with Crippen molar-refractivity contribution in [1.29, 1.82) is 0 Å². The highest BCUT2D eigenvalue weighted by atomic mass is 35.5. The SMILES string of the molecule is C=CCn1c(COc2ccc(C(C)(C)C)cc2)nnc1SCC(=O)Nc1cccc(Cl)c1. The predicted molar refractivity (Wildman–Crippen MR) is 130 cm³/mol. The van der Waals surface area contributed by atoms with Crippen LogP contribution >= 0.6 is 23.4 Å². The van der Waals surface area contributed by atoms with Crippen LogP contribution in [0.3, 0.4) is 0 Å². The Hall–Kier alpha value is -2.77. The minimum Gasteiger partial charge on any atom is -0.486 e. The van der Waals surface area contributed by atoms with Crippen molar-refractivity contribution in [3.05, 3.63) is 77.6 Å². The van der Waals surface area contributed by atoms with Crippen molar-refractivity contribution in [2.45, 2.75) is 44.5 Å². The van der Waals surface area contributed by atoms with Crippen molar-refractivity contribution >= 4 is 35.0 Å². The molecule has 3 rings (SSSR count). The van der Waals surface area contributed by atoms with Crippen molar-refractivity contribution in [3.63, 3.8) is 0 Å². The largest absolute Gasteiger partial charge is 0.486 e. The molecule has 0 aliphatic rings. The summed E-state index contributed by atoms with van der Waals surface area (Å²) in [7, 11) is 0. The Kier molecular flexibility index (Phi) is 7.99. The number of hydrogen-bond acceptors (Lipinski definition) is 5. The number of carbonyl (C=O) groups excluding carboxylic acids is 1. The number of halogens is 1. The number of nitrogens with one attached hydrogen (secondary N) is 1. The smallest absolute Gasteiger partial charge is 0.234 e. The molecule has 1 heterocycles. The first kappa shape index (κ1) is 23.9. The standard InChI is InChI=1S/C24H27ClN4O2S/c1-5-13-29-21(15-31-20-11-9-17(10-12-20)24(2,3)4)27-28-23(29)32-16-22(30)26-19-8-6-7-18(25)14-19/h5-12,14H,1,13,15-16H2,2-4H3,(H,26,30). The van der Waals surface area contributed by atoms with E-state index in [-0.39, 0.29) is 23.7 Å². The lowest BCUT2D eigenvalue weighted by Crippen LogP contribution is -2.15. The highest BCUT2D eigenvalue weighted by Crippen LogP contribution is 2.25. The first-order valence-electron chi connectivity index (χ1n) is 10.2. The Labute approximate surface area is 198 Å². The summed E-state index contributed by atoms with van der Waals surface area (Å²) in [5, 5.41) is 12.5. The monoisotopic (exact) mass is 470 g/mol. The molecule has 0 fully saturated rings. The lowest BCUT2D eigenvalue weighted by molar-refractivity contribution is -0.113.